The molecule has 0 radical (unpaired) electrons. The fourth-order valence-corrected chi connectivity index (χ4v) is 1.47. The Labute approximate surface area is 89.7 Å². The molecule has 0 fully saturated rings. The molecule has 1 unspecified atom stereocenters. The number of nitrogens with two attached hydrogens (primary N) is 1. The summed E-state index contributed by atoms with van der Waals surface area (Å²) < 4.78 is 0. The van der Waals surface area contributed by atoms with E-state index in [2.05, 4.69) is 12.0 Å². The van der Waals surface area contributed by atoms with Crippen LogP contribution in [0.25, 0.3) is 0 Å². The maximum absolute atomic E-state index is 6.03. The number of benzene rings is 1. The predicted octanol–water partition coefficient (Wildman–Crippen LogP) is 2.29. The molecule has 1 rings (SSSR count). The van der Waals surface area contributed by atoms with Crippen LogP contribution < -0.4 is 11.3 Å². The molecule has 0 heterocycles. The Morgan fingerprint density at radius 1 is 1.57 bits per heavy atom. The second-order valence-electron chi connectivity index (χ2n) is 3.36. The van der Waals surface area contributed by atoms with E-state index in [1.807, 2.05) is 31.2 Å². The van der Waals surface area contributed by atoms with Gasteiger partial charge in [-0.15, -0.1) is 0 Å². The van der Waals surface area contributed by atoms with Crippen LogP contribution in [0.5, 0.6) is 0 Å². The van der Waals surface area contributed by atoms with Crippen molar-refractivity contribution in [1.82, 2.24) is 5.43 Å². The summed E-state index contributed by atoms with van der Waals surface area (Å²) in [5.41, 5.74) is 4.81. The van der Waals surface area contributed by atoms with Gasteiger partial charge in [-0.3, -0.25) is 11.3 Å². The molecule has 0 saturated carbocycles. The van der Waals surface area contributed by atoms with E-state index in [-0.39, 0.29) is 6.04 Å². The smallest absolute Gasteiger partial charge is 0.0455 e. The van der Waals surface area contributed by atoms with E-state index in [0.29, 0.717) is 0 Å². The second-order valence-corrected chi connectivity index (χ2v) is 3.77. The highest BCUT2D eigenvalue weighted by atomic mass is 35.5. The quantitative estimate of drug-likeness (QED) is 0.455. The average molecular weight is 211 g/mol. The van der Waals surface area contributed by atoms with Crippen molar-refractivity contribution in [2.24, 2.45) is 5.84 Å². The minimum atomic E-state index is 0.0786. The van der Waals surface area contributed by atoms with Crippen LogP contribution in [-0.4, -0.2) is 6.04 Å². The van der Waals surface area contributed by atoms with Gasteiger partial charge in [-0.05, 0) is 25.0 Å². The Morgan fingerprint density at radius 3 is 2.71 bits per heavy atom. The number of hydrogen-bond acceptors (Lipinski definition) is 2. The van der Waals surface area contributed by atoms with E-state index in [4.69, 9.17) is 17.4 Å². The van der Waals surface area contributed by atoms with Crippen molar-refractivity contribution in [3.63, 3.8) is 0 Å². The Kier molecular flexibility index (Phi) is 4.14. The standard InChI is InChI=1S/C11H15ClN2/c1-8(2)11(14-13)7-9-5-3-4-6-10(9)12/h3-6,11,14H,1,7,13H2,2H3. The topological polar surface area (TPSA) is 38.0 Å². The van der Waals surface area contributed by atoms with E-state index in [0.717, 1.165) is 22.6 Å². The van der Waals surface area contributed by atoms with Crippen LogP contribution in [0.15, 0.2) is 36.4 Å². The van der Waals surface area contributed by atoms with Gasteiger partial charge in [0.2, 0.25) is 0 Å². The van der Waals surface area contributed by atoms with E-state index >= 15 is 0 Å². The lowest BCUT2D eigenvalue weighted by molar-refractivity contribution is 0.591. The molecule has 0 aliphatic rings. The monoisotopic (exact) mass is 210 g/mol. The Hall–Kier alpha value is -0.830. The minimum absolute atomic E-state index is 0.0786. The number of halogens is 1. The fourth-order valence-electron chi connectivity index (χ4n) is 1.26. The average Bonchev–Trinajstić information content (AvgIpc) is 2.16. The molecule has 3 heteroatoms. The van der Waals surface area contributed by atoms with Gasteiger partial charge >= 0.3 is 0 Å². The van der Waals surface area contributed by atoms with Crippen LogP contribution in [-0.2, 0) is 6.42 Å². The maximum atomic E-state index is 6.03. The zero-order valence-corrected chi connectivity index (χ0v) is 9.01. The van der Waals surface area contributed by atoms with Gasteiger partial charge in [0.05, 0.1) is 0 Å². The van der Waals surface area contributed by atoms with Crippen molar-refractivity contribution in [2.45, 2.75) is 19.4 Å². The normalized spacial score (nSPS) is 12.5. The fraction of sp³-hybridized carbons (Fsp3) is 0.273. The maximum Gasteiger partial charge on any atom is 0.0455 e. The molecule has 14 heavy (non-hydrogen) atoms. The molecule has 0 aliphatic carbocycles. The van der Waals surface area contributed by atoms with Gasteiger partial charge in [-0.1, -0.05) is 42.0 Å². The van der Waals surface area contributed by atoms with Gasteiger partial charge in [0, 0.05) is 11.1 Å². The summed E-state index contributed by atoms with van der Waals surface area (Å²) in [6.07, 6.45) is 0.769. The van der Waals surface area contributed by atoms with Gasteiger partial charge < -0.3 is 0 Å². The number of nitrogens with one attached hydrogen (secondary N) is 1. The molecule has 0 amide bonds. The van der Waals surface area contributed by atoms with Crippen LogP contribution in [0.1, 0.15) is 12.5 Å². The Bertz CT molecular complexity index is 323. The predicted molar refractivity (Wildman–Crippen MR) is 61.1 cm³/mol. The van der Waals surface area contributed by atoms with Crippen molar-refractivity contribution in [3.8, 4) is 0 Å². The van der Waals surface area contributed by atoms with Crippen molar-refractivity contribution in [1.29, 1.82) is 0 Å². The molecule has 2 nitrogen and oxygen atoms in total. The Balaban J connectivity index is 2.77. The minimum Gasteiger partial charge on any atom is -0.271 e. The number of hydrogen-bond donors (Lipinski definition) is 2. The summed E-state index contributed by atoms with van der Waals surface area (Å²) in [6.45, 7) is 5.81. The first-order valence-electron chi connectivity index (χ1n) is 4.50. The Morgan fingerprint density at radius 2 is 2.21 bits per heavy atom. The molecule has 0 bridgehead atoms. The first-order chi connectivity index (χ1) is 6.65. The molecule has 0 aromatic heterocycles. The molecule has 0 saturated heterocycles. The summed E-state index contributed by atoms with van der Waals surface area (Å²) in [7, 11) is 0. The summed E-state index contributed by atoms with van der Waals surface area (Å²) in [4.78, 5) is 0. The third-order valence-corrected chi connectivity index (χ3v) is 2.55. The second kappa shape index (κ2) is 5.15. The van der Waals surface area contributed by atoms with E-state index in [1.54, 1.807) is 0 Å². The molecular weight excluding hydrogens is 196 g/mol. The van der Waals surface area contributed by atoms with Crippen LogP contribution in [0.3, 0.4) is 0 Å². The van der Waals surface area contributed by atoms with Gasteiger partial charge in [0.1, 0.15) is 0 Å². The molecule has 3 N–H and O–H groups in total. The summed E-state index contributed by atoms with van der Waals surface area (Å²) in [5.74, 6) is 5.42. The SMILES string of the molecule is C=C(C)C(Cc1ccccc1Cl)NN. The van der Waals surface area contributed by atoms with Crippen LogP contribution in [0, 0.1) is 0 Å². The number of hydrazine groups is 1. The van der Waals surface area contributed by atoms with E-state index in [9.17, 15) is 0 Å². The van der Waals surface area contributed by atoms with Gasteiger partial charge in [-0.25, -0.2) is 0 Å². The third-order valence-electron chi connectivity index (χ3n) is 2.18. The highest BCUT2D eigenvalue weighted by molar-refractivity contribution is 6.31. The van der Waals surface area contributed by atoms with Gasteiger partial charge in [-0.2, -0.15) is 0 Å². The first kappa shape index (κ1) is 11.2. The number of rotatable bonds is 4. The van der Waals surface area contributed by atoms with Gasteiger partial charge in [0.25, 0.3) is 0 Å². The molecule has 0 aliphatic heterocycles. The van der Waals surface area contributed by atoms with Crippen LogP contribution in [0.4, 0.5) is 0 Å². The van der Waals surface area contributed by atoms with E-state index in [1.165, 1.54) is 0 Å². The molecule has 1 aromatic carbocycles. The van der Waals surface area contributed by atoms with Crippen molar-refractivity contribution in [3.05, 3.63) is 47.0 Å². The van der Waals surface area contributed by atoms with Gasteiger partial charge in [0.15, 0.2) is 0 Å². The lowest BCUT2D eigenvalue weighted by Crippen LogP contribution is -2.37. The molecule has 76 valence electrons. The van der Waals surface area contributed by atoms with Crippen LogP contribution in [0.2, 0.25) is 5.02 Å². The van der Waals surface area contributed by atoms with Crippen molar-refractivity contribution < 1.29 is 0 Å². The molecule has 1 atom stereocenters. The third kappa shape index (κ3) is 2.84. The lowest BCUT2D eigenvalue weighted by Gasteiger charge is -2.16. The first-order valence-corrected chi connectivity index (χ1v) is 4.88. The van der Waals surface area contributed by atoms with E-state index < -0.39 is 0 Å². The molecule has 0 spiro atoms. The molecular formula is C11H15ClN2. The largest absolute Gasteiger partial charge is 0.271 e. The highest BCUT2D eigenvalue weighted by Crippen LogP contribution is 2.17. The molecule has 1 aromatic rings. The van der Waals surface area contributed by atoms with Crippen molar-refractivity contribution >= 4 is 11.6 Å². The summed E-state index contributed by atoms with van der Waals surface area (Å²) in [6, 6.07) is 7.83. The lowest BCUT2D eigenvalue weighted by atomic mass is 10.0. The van der Waals surface area contributed by atoms with Crippen molar-refractivity contribution in [2.75, 3.05) is 0 Å². The summed E-state index contributed by atoms with van der Waals surface area (Å²) in [5, 5.41) is 0.772. The summed E-state index contributed by atoms with van der Waals surface area (Å²) >= 11 is 6.03. The zero-order chi connectivity index (χ0) is 10.6. The zero-order valence-electron chi connectivity index (χ0n) is 8.26. The highest BCUT2D eigenvalue weighted by Gasteiger charge is 2.09. The van der Waals surface area contributed by atoms with Crippen LogP contribution >= 0.6 is 11.6 Å².